The highest BCUT2D eigenvalue weighted by Gasteiger charge is 2.12. The molecule has 1 aliphatic heterocycles. The summed E-state index contributed by atoms with van der Waals surface area (Å²) in [6.45, 7) is 6.62. The highest BCUT2D eigenvalue weighted by atomic mass is 15.2. The monoisotopic (exact) mass is 218 g/mol. The van der Waals surface area contributed by atoms with Gasteiger partial charge in [-0.1, -0.05) is 6.08 Å². The molecule has 4 nitrogen and oxygen atoms in total. The standard InChI is InChI=1S/C12H18N4/c1-2-6-13-11-9-12(15-10-14-11)16-7-4-3-5-8-16/h2,9-10H,1,3-8H2,(H,13,14,15). The van der Waals surface area contributed by atoms with Crippen LogP contribution in [0.1, 0.15) is 19.3 Å². The second kappa shape index (κ2) is 5.49. The van der Waals surface area contributed by atoms with E-state index < -0.39 is 0 Å². The Morgan fingerprint density at radius 1 is 1.31 bits per heavy atom. The molecule has 0 aliphatic carbocycles. The summed E-state index contributed by atoms with van der Waals surface area (Å²) >= 11 is 0. The molecule has 0 unspecified atom stereocenters. The van der Waals surface area contributed by atoms with E-state index in [1.807, 2.05) is 12.1 Å². The summed E-state index contributed by atoms with van der Waals surface area (Å²) in [4.78, 5) is 10.8. The third-order valence-corrected chi connectivity index (χ3v) is 2.76. The Morgan fingerprint density at radius 2 is 2.12 bits per heavy atom. The molecular weight excluding hydrogens is 200 g/mol. The first-order valence-electron chi connectivity index (χ1n) is 5.82. The van der Waals surface area contributed by atoms with E-state index in [2.05, 4.69) is 26.8 Å². The van der Waals surface area contributed by atoms with Gasteiger partial charge in [-0.2, -0.15) is 0 Å². The molecule has 1 aliphatic rings. The topological polar surface area (TPSA) is 41.0 Å². The first-order chi connectivity index (χ1) is 7.90. The van der Waals surface area contributed by atoms with E-state index >= 15 is 0 Å². The summed E-state index contributed by atoms with van der Waals surface area (Å²) in [7, 11) is 0. The molecule has 86 valence electrons. The fraction of sp³-hybridized carbons (Fsp3) is 0.500. The van der Waals surface area contributed by atoms with Gasteiger partial charge in [0, 0.05) is 25.7 Å². The molecule has 16 heavy (non-hydrogen) atoms. The number of rotatable bonds is 4. The van der Waals surface area contributed by atoms with Crippen LogP contribution in [-0.2, 0) is 0 Å². The van der Waals surface area contributed by atoms with Crippen LogP contribution >= 0.6 is 0 Å². The summed E-state index contributed by atoms with van der Waals surface area (Å²) < 4.78 is 0. The minimum absolute atomic E-state index is 0.733. The molecule has 1 aromatic rings. The van der Waals surface area contributed by atoms with E-state index in [1.165, 1.54) is 19.3 Å². The Bertz CT molecular complexity index is 345. The van der Waals surface area contributed by atoms with Gasteiger partial charge in [0.25, 0.3) is 0 Å². The fourth-order valence-corrected chi connectivity index (χ4v) is 1.92. The highest BCUT2D eigenvalue weighted by molar-refractivity contribution is 5.48. The quantitative estimate of drug-likeness (QED) is 0.785. The van der Waals surface area contributed by atoms with Crippen LogP contribution in [-0.4, -0.2) is 29.6 Å². The van der Waals surface area contributed by atoms with Crippen molar-refractivity contribution >= 4 is 11.6 Å². The number of nitrogens with zero attached hydrogens (tertiary/aromatic N) is 3. The van der Waals surface area contributed by atoms with Crippen LogP contribution in [0.15, 0.2) is 25.0 Å². The van der Waals surface area contributed by atoms with Crippen LogP contribution in [0.25, 0.3) is 0 Å². The minimum Gasteiger partial charge on any atom is -0.366 e. The van der Waals surface area contributed by atoms with Crippen molar-refractivity contribution in [3.8, 4) is 0 Å². The first-order valence-corrected chi connectivity index (χ1v) is 5.82. The van der Waals surface area contributed by atoms with E-state index in [9.17, 15) is 0 Å². The molecule has 0 radical (unpaired) electrons. The van der Waals surface area contributed by atoms with Crippen molar-refractivity contribution in [2.24, 2.45) is 0 Å². The van der Waals surface area contributed by atoms with Crippen LogP contribution in [0, 0.1) is 0 Å². The normalized spacial score (nSPS) is 15.9. The van der Waals surface area contributed by atoms with Gasteiger partial charge >= 0.3 is 0 Å². The van der Waals surface area contributed by atoms with E-state index in [0.717, 1.165) is 31.3 Å². The Kier molecular flexibility index (Phi) is 3.75. The molecule has 1 aromatic heterocycles. The SMILES string of the molecule is C=CCNc1cc(N2CCCCC2)ncn1. The Labute approximate surface area is 96.4 Å². The van der Waals surface area contributed by atoms with Gasteiger partial charge in [0.05, 0.1) is 0 Å². The van der Waals surface area contributed by atoms with Gasteiger partial charge in [0.1, 0.15) is 18.0 Å². The van der Waals surface area contributed by atoms with Crippen molar-refractivity contribution in [3.63, 3.8) is 0 Å². The van der Waals surface area contributed by atoms with Crippen molar-refractivity contribution < 1.29 is 0 Å². The Hall–Kier alpha value is -1.58. The van der Waals surface area contributed by atoms with E-state index in [4.69, 9.17) is 0 Å². The van der Waals surface area contributed by atoms with Crippen LogP contribution in [0.5, 0.6) is 0 Å². The second-order valence-corrected chi connectivity index (χ2v) is 3.98. The minimum atomic E-state index is 0.733. The zero-order valence-electron chi connectivity index (χ0n) is 9.52. The van der Waals surface area contributed by atoms with Crippen LogP contribution in [0.3, 0.4) is 0 Å². The molecule has 4 heteroatoms. The summed E-state index contributed by atoms with van der Waals surface area (Å²) in [5, 5.41) is 3.18. The number of hydrogen-bond donors (Lipinski definition) is 1. The molecule has 0 amide bonds. The maximum absolute atomic E-state index is 4.32. The average molecular weight is 218 g/mol. The lowest BCUT2D eigenvalue weighted by Gasteiger charge is -2.27. The molecule has 0 atom stereocenters. The van der Waals surface area contributed by atoms with Gasteiger partial charge in [-0.15, -0.1) is 6.58 Å². The molecule has 1 fully saturated rings. The van der Waals surface area contributed by atoms with Crippen LogP contribution < -0.4 is 10.2 Å². The number of aromatic nitrogens is 2. The smallest absolute Gasteiger partial charge is 0.134 e. The maximum Gasteiger partial charge on any atom is 0.134 e. The third-order valence-electron chi connectivity index (χ3n) is 2.76. The highest BCUT2D eigenvalue weighted by Crippen LogP contribution is 2.18. The van der Waals surface area contributed by atoms with Gasteiger partial charge in [0.2, 0.25) is 0 Å². The van der Waals surface area contributed by atoms with Crippen LogP contribution in [0.2, 0.25) is 0 Å². The Balaban J connectivity index is 2.05. The van der Waals surface area contributed by atoms with Gasteiger partial charge in [0.15, 0.2) is 0 Å². The second-order valence-electron chi connectivity index (χ2n) is 3.98. The molecule has 2 rings (SSSR count). The van der Waals surface area contributed by atoms with Gasteiger partial charge in [-0.05, 0) is 19.3 Å². The molecule has 0 aromatic carbocycles. The van der Waals surface area contributed by atoms with Gasteiger partial charge in [-0.25, -0.2) is 9.97 Å². The largest absolute Gasteiger partial charge is 0.366 e. The van der Waals surface area contributed by atoms with E-state index in [1.54, 1.807) is 6.33 Å². The zero-order chi connectivity index (χ0) is 11.2. The van der Waals surface area contributed by atoms with Crippen molar-refractivity contribution in [3.05, 3.63) is 25.0 Å². The average Bonchev–Trinajstić information content (AvgIpc) is 2.38. The molecule has 1 N–H and O–H groups in total. The zero-order valence-corrected chi connectivity index (χ0v) is 9.52. The maximum atomic E-state index is 4.32. The molecule has 0 bridgehead atoms. The van der Waals surface area contributed by atoms with E-state index in [0.29, 0.717) is 0 Å². The molecule has 0 spiro atoms. The predicted molar refractivity (Wildman–Crippen MR) is 66.8 cm³/mol. The van der Waals surface area contributed by atoms with Gasteiger partial charge in [-0.3, -0.25) is 0 Å². The summed E-state index contributed by atoms with van der Waals surface area (Å²) in [6.07, 6.45) is 7.31. The lowest BCUT2D eigenvalue weighted by Crippen LogP contribution is -2.30. The molecule has 0 saturated carbocycles. The number of anilines is 2. The molecule has 1 saturated heterocycles. The van der Waals surface area contributed by atoms with Crippen molar-refractivity contribution in [1.29, 1.82) is 0 Å². The predicted octanol–water partition coefficient (Wildman–Crippen LogP) is 2.06. The first kappa shape index (κ1) is 10.9. The lowest BCUT2D eigenvalue weighted by molar-refractivity contribution is 0.573. The molecule has 2 heterocycles. The number of hydrogen-bond acceptors (Lipinski definition) is 4. The van der Waals surface area contributed by atoms with Crippen molar-refractivity contribution in [2.45, 2.75) is 19.3 Å². The van der Waals surface area contributed by atoms with Gasteiger partial charge < -0.3 is 10.2 Å². The van der Waals surface area contributed by atoms with E-state index in [-0.39, 0.29) is 0 Å². The van der Waals surface area contributed by atoms with Crippen molar-refractivity contribution in [2.75, 3.05) is 29.9 Å². The fourth-order valence-electron chi connectivity index (χ4n) is 1.92. The lowest BCUT2D eigenvalue weighted by atomic mass is 10.1. The number of piperidine rings is 1. The molecular formula is C12H18N4. The summed E-state index contributed by atoms with van der Waals surface area (Å²) in [5.74, 6) is 1.90. The Morgan fingerprint density at radius 3 is 2.88 bits per heavy atom. The summed E-state index contributed by atoms with van der Waals surface area (Å²) in [5.41, 5.74) is 0. The van der Waals surface area contributed by atoms with Crippen molar-refractivity contribution in [1.82, 2.24) is 9.97 Å². The summed E-state index contributed by atoms with van der Waals surface area (Å²) in [6, 6.07) is 2.01. The van der Waals surface area contributed by atoms with Crippen LogP contribution in [0.4, 0.5) is 11.6 Å². The number of nitrogens with one attached hydrogen (secondary N) is 1. The third kappa shape index (κ3) is 2.72.